The van der Waals surface area contributed by atoms with Gasteiger partial charge in [-0.15, -0.1) is 11.3 Å². The van der Waals surface area contributed by atoms with E-state index in [0.717, 1.165) is 31.2 Å². The molecule has 20 heavy (non-hydrogen) atoms. The Labute approximate surface area is 130 Å². The summed E-state index contributed by atoms with van der Waals surface area (Å²) < 4.78 is 0.209. The molecule has 0 radical (unpaired) electrons. The van der Waals surface area contributed by atoms with E-state index in [4.69, 9.17) is 0 Å². The number of aryl methyl sites for hydroxylation is 2. The Bertz CT molecular complexity index is 433. The van der Waals surface area contributed by atoms with Gasteiger partial charge in [0.05, 0.1) is 10.7 Å². The summed E-state index contributed by atoms with van der Waals surface area (Å²) in [4.78, 5) is 10.1. The third kappa shape index (κ3) is 5.71. The number of aromatic nitrogens is 1. The minimum Gasteiger partial charge on any atom is -0.356 e. The van der Waals surface area contributed by atoms with Crippen LogP contribution in [-0.4, -0.2) is 42.1 Å². The van der Waals surface area contributed by atoms with E-state index < -0.39 is 0 Å². The van der Waals surface area contributed by atoms with Gasteiger partial charge >= 0.3 is 0 Å². The van der Waals surface area contributed by atoms with Crippen molar-refractivity contribution in [3.8, 4) is 0 Å². The summed E-state index contributed by atoms with van der Waals surface area (Å²) in [6.45, 7) is 10.4. The molecule has 0 aliphatic heterocycles. The molecule has 4 nitrogen and oxygen atoms in total. The fourth-order valence-corrected chi connectivity index (χ4v) is 2.67. The van der Waals surface area contributed by atoms with E-state index in [0.29, 0.717) is 0 Å². The summed E-state index contributed by atoms with van der Waals surface area (Å²) in [5.41, 5.74) is 1.15. The molecule has 1 rings (SSSR count). The highest BCUT2D eigenvalue weighted by molar-refractivity contribution is 7.99. The van der Waals surface area contributed by atoms with Gasteiger partial charge in [-0.2, -0.15) is 11.8 Å². The number of hydrogen-bond acceptors (Lipinski definition) is 4. The zero-order valence-corrected chi connectivity index (χ0v) is 15.0. The van der Waals surface area contributed by atoms with E-state index in [1.54, 1.807) is 18.4 Å². The molecule has 0 aromatic carbocycles. The Morgan fingerprint density at radius 1 is 1.35 bits per heavy atom. The van der Waals surface area contributed by atoms with Crippen LogP contribution in [0.5, 0.6) is 0 Å². The maximum atomic E-state index is 4.55. The fourth-order valence-electron chi connectivity index (χ4n) is 1.52. The smallest absolute Gasteiger partial charge is 0.191 e. The summed E-state index contributed by atoms with van der Waals surface area (Å²) >= 11 is 3.63. The van der Waals surface area contributed by atoms with E-state index in [9.17, 15) is 0 Å². The number of thioether (sulfide) groups is 1. The van der Waals surface area contributed by atoms with Crippen LogP contribution in [0.4, 0.5) is 0 Å². The van der Waals surface area contributed by atoms with Crippen molar-refractivity contribution in [3.63, 3.8) is 0 Å². The molecule has 0 saturated carbocycles. The van der Waals surface area contributed by atoms with Gasteiger partial charge in [0.15, 0.2) is 5.96 Å². The molecule has 1 aromatic rings. The molecule has 0 spiro atoms. The molecule has 0 aliphatic rings. The molecule has 0 bridgehead atoms. The minimum atomic E-state index is 0.209. The number of nitrogens with zero attached hydrogens (tertiary/aromatic N) is 2. The standard InChI is InChI=1S/C14H26N4S2/c1-10-11(2)20-12(18-10)7-8-16-13(15-5)17-9-14(3,4)19-6/h7-9H2,1-6H3,(H2,15,16,17). The molecule has 0 atom stereocenters. The Kier molecular flexibility index (Phi) is 6.82. The Morgan fingerprint density at radius 2 is 2.05 bits per heavy atom. The first kappa shape index (κ1) is 17.3. The van der Waals surface area contributed by atoms with Crippen molar-refractivity contribution in [1.29, 1.82) is 0 Å². The highest BCUT2D eigenvalue weighted by Gasteiger charge is 2.16. The van der Waals surface area contributed by atoms with Crippen LogP contribution in [0.1, 0.15) is 29.4 Å². The Hall–Kier alpha value is -0.750. The summed E-state index contributed by atoms with van der Waals surface area (Å²) in [5, 5.41) is 7.89. The van der Waals surface area contributed by atoms with Gasteiger partial charge in [0, 0.05) is 36.2 Å². The van der Waals surface area contributed by atoms with Crippen LogP contribution in [0.15, 0.2) is 4.99 Å². The first-order chi connectivity index (χ1) is 9.38. The van der Waals surface area contributed by atoms with E-state index >= 15 is 0 Å². The average Bonchev–Trinajstić information content (AvgIpc) is 2.72. The molecule has 6 heteroatoms. The normalized spacial score (nSPS) is 12.6. The van der Waals surface area contributed by atoms with E-state index in [1.165, 1.54) is 9.88 Å². The van der Waals surface area contributed by atoms with Crippen LogP contribution in [0, 0.1) is 13.8 Å². The van der Waals surface area contributed by atoms with Crippen molar-refractivity contribution in [1.82, 2.24) is 15.6 Å². The van der Waals surface area contributed by atoms with Gasteiger partial charge in [0.25, 0.3) is 0 Å². The van der Waals surface area contributed by atoms with Crippen molar-refractivity contribution >= 4 is 29.1 Å². The molecule has 1 aromatic heterocycles. The maximum absolute atomic E-state index is 4.55. The monoisotopic (exact) mass is 314 g/mol. The number of thiazole rings is 1. The number of aliphatic imine (C=N–C) groups is 1. The van der Waals surface area contributed by atoms with E-state index in [-0.39, 0.29) is 4.75 Å². The van der Waals surface area contributed by atoms with Crippen molar-refractivity contribution in [2.75, 3.05) is 26.4 Å². The molecule has 1 heterocycles. The maximum Gasteiger partial charge on any atom is 0.191 e. The van der Waals surface area contributed by atoms with Gasteiger partial charge in [-0.05, 0) is 34.0 Å². The molecule has 0 fully saturated rings. The third-order valence-electron chi connectivity index (χ3n) is 3.16. The number of hydrogen-bond donors (Lipinski definition) is 2. The van der Waals surface area contributed by atoms with Gasteiger partial charge in [-0.1, -0.05) is 0 Å². The van der Waals surface area contributed by atoms with Gasteiger partial charge in [-0.3, -0.25) is 4.99 Å². The van der Waals surface area contributed by atoms with Crippen molar-refractivity contribution in [2.24, 2.45) is 4.99 Å². The zero-order valence-electron chi connectivity index (χ0n) is 13.3. The van der Waals surface area contributed by atoms with Crippen LogP contribution in [0.2, 0.25) is 0 Å². The fraction of sp³-hybridized carbons (Fsp3) is 0.714. The lowest BCUT2D eigenvalue weighted by atomic mass is 10.2. The number of rotatable bonds is 6. The van der Waals surface area contributed by atoms with Gasteiger partial charge in [-0.25, -0.2) is 4.98 Å². The molecule has 114 valence electrons. The second-order valence-corrected chi connectivity index (χ2v) is 8.12. The van der Waals surface area contributed by atoms with Crippen molar-refractivity contribution in [3.05, 3.63) is 15.6 Å². The lowest BCUT2D eigenvalue weighted by molar-refractivity contribution is 0.664. The van der Waals surface area contributed by atoms with Crippen LogP contribution in [-0.2, 0) is 6.42 Å². The van der Waals surface area contributed by atoms with Gasteiger partial charge < -0.3 is 10.6 Å². The van der Waals surface area contributed by atoms with E-state index in [2.05, 4.69) is 54.6 Å². The number of nitrogens with one attached hydrogen (secondary N) is 2. The van der Waals surface area contributed by atoms with Crippen LogP contribution >= 0.6 is 23.1 Å². The minimum absolute atomic E-state index is 0.209. The van der Waals surface area contributed by atoms with Crippen LogP contribution in [0.3, 0.4) is 0 Å². The van der Waals surface area contributed by atoms with Crippen molar-refractivity contribution < 1.29 is 0 Å². The molecule has 0 amide bonds. The second-order valence-electron chi connectivity index (χ2n) is 5.32. The molecular weight excluding hydrogens is 288 g/mol. The summed E-state index contributed by atoms with van der Waals surface area (Å²) in [6, 6.07) is 0. The first-order valence-electron chi connectivity index (χ1n) is 6.80. The molecule has 0 unspecified atom stereocenters. The third-order valence-corrected chi connectivity index (χ3v) is 5.54. The quantitative estimate of drug-likeness (QED) is 0.626. The predicted octanol–water partition coefficient (Wildman–Crippen LogP) is 2.61. The highest BCUT2D eigenvalue weighted by atomic mass is 32.2. The Morgan fingerprint density at radius 3 is 2.55 bits per heavy atom. The molecule has 0 saturated heterocycles. The SMILES string of the molecule is CN=C(NCCc1nc(C)c(C)s1)NCC(C)(C)SC. The van der Waals surface area contributed by atoms with Gasteiger partial charge in [0.2, 0.25) is 0 Å². The summed E-state index contributed by atoms with van der Waals surface area (Å²) in [6.07, 6.45) is 3.07. The van der Waals surface area contributed by atoms with Gasteiger partial charge in [0.1, 0.15) is 0 Å². The van der Waals surface area contributed by atoms with E-state index in [1.807, 2.05) is 11.8 Å². The van der Waals surface area contributed by atoms with Crippen LogP contribution < -0.4 is 10.6 Å². The lowest BCUT2D eigenvalue weighted by Crippen LogP contribution is -2.43. The predicted molar refractivity (Wildman–Crippen MR) is 92.3 cm³/mol. The lowest BCUT2D eigenvalue weighted by Gasteiger charge is -2.23. The Balaban J connectivity index is 2.35. The average molecular weight is 315 g/mol. The molecule has 2 N–H and O–H groups in total. The van der Waals surface area contributed by atoms with Crippen molar-refractivity contribution in [2.45, 2.75) is 38.9 Å². The topological polar surface area (TPSA) is 49.3 Å². The number of guanidine groups is 1. The zero-order chi connectivity index (χ0) is 15.2. The summed E-state index contributed by atoms with van der Waals surface area (Å²) in [7, 11) is 1.80. The molecule has 0 aliphatic carbocycles. The second kappa shape index (κ2) is 7.88. The highest BCUT2D eigenvalue weighted by Crippen LogP contribution is 2.19. The summed E-state index contributed by atoms with van der Waals surface area (Å²) in [5.74, 6) is 0.858. The van der Waals surface area contributed by atoms with Crippen LogP contribution in [0.25, 0.3) is 0 Å². The largest absolute Gasteiger partial charge is 0.356 e. The molecular formula is C14H26N4S2. The first-order valence-corrected chi connectivity index (χ1v) is 8.84.